The van der Waals surface area contributed by atoms with Gasteiger partial charge in [0.15, 0.2) is 0 Å². The molecule has 0 bridgehead atoms. The van der Waals surface area contributed by atoms with Crippen molar-refractivity contribution in [1.82, 2.24) is 0 Å². The summed E-state index contributed by atoms with van der Waals surface area (Å²) in [6.07, 6.45) is 0. The lowest BCUT2D eigenvalue weighted by Crippen LogP contribution is -2.40. The van der Waals surface area contributed by atoms with Crippen molar-refractivity contribution in [3.63, 3.8) is 0 Å². The number of halogens is 1. The number of sulfonamides is 1. The van der Waals surface area contributed by atoms with E-state index in [0.717, 1.165) is 15.4 Å². The number of hydrogen-bond acceptors (Lipinski definition) is 3. The molecule has 7 heteroatoms. The Balaban J connectivity index is 1.73. The number of carbonyl (C=O) groups excluding carboxylic acids is 1. The first-order chi connectivity index (χ1) is 13.8. The van der Waals surface area contributed by atoms with E-state index in [0.29, 0.717) is 16.8 Å². The predicted molar refractivity (Wildman–Crippen MR) is 111 cm³/mol. The zero-order valence-corrected chi connectivity index (χ0v) is 16.8. The standard InChI is InChI=1S/C22H19FN2O3S/c1-14-7-9-19(15(2)11-14)24-22(26)13-25-20-10-8-16(23)12-18(20)17-5-3-4-6-21(17)29(25,27)28/h3-12H,13H2,1-2H3,(H,24,26). The van der Waals surface area contributed by atoms with Gasteiger partial charge in [-0.2, -0.15) is 0 Å². The van der Waals surface area contributed by atoms with Gasteiger partial charge in [-0.05, 0) is 49.7 Å². The maximum atomic E-state index is 13.9. The van der Waals surface area contributed by atoms with Crippen LogP contribution in [0, 0.1) is 19.7 Å². The van der Waals surface area contributed by atoms with Crippen LogP contribution in [-0.4, -0.2) is 20.9 Å². The summed E-state index contributed by atoms with van der Waals surface area (Å²) in [6, 6.07) is 15.9. The lowest BCUT2D eigenvalue weighted by Gasteiger charge is -2.31. The van der Waals surface area contributed by atoms with E-state index in [9.17, 15) is 17.6 Å². The molecular weight excluding hydrogens is 391 g/mol. The first-order valence-corrected chi connectivity index (χ1v) is 10.5. The number of nitrogens with zero attached hydrogens (tertiary/aromatic N) is 1. The second kappa shape index (κ2) is 7.00. The molecule has 0 atom stereocenters. The van der Waals surface area contributed by atoms with Crippen LogP contribution in [0.15, 0.2) is 65.6 Å². The third-order valence-corrected chi connectivity index (χ3v) is 6.73. The molecule has 0 radical (unpaired) electrons. The van der Waals surface area contributed by atoms with Gasteiger partial charge in [0.1, 0.15) is 12.4 Å². The maximum Gasteiger partial charge on any atom is 0.265 e. The smallest absolute Gasteiger partial charge is 0.265 e. The number of benzene rings is 3. The molecule has 5 nitrogen and oxygen atoms in total. The van der Waals surface area contributed by atoms with Crippen LogP contribution in [0.1, 0.15) is 11.1 Å². The molecule has 3 aromatic carbocycles. The number of carbonyl (C=O) groups is 1. The molecule has 148 valence electrons. The fourth-order valence-corrected chi connectivity index (χ4v) is 5.20. The summed E-state index contributed by atoms with van der Waals surface area (Å²) >= 11 is 0. The molecule has 0 saturated carbocycles. The van der Waals surface area contributed by atoms with Gasteiger partial charge >= 0.3 is 0 Å². The number of rotatable bonds is 3. The van der Waals surface area contributed by atoms with Crippen LogP contribution in [0.4, 0.5) is 15.8 Å². The molecule has 1 amide bonds. The summed E-state index contributed by atoms with van der Waals surface area (Å²) < 4.78 is 41.3. The third kappa shape index (κ3) is 3.38. The van der Waals surface area contributed by atoms with E-state index in [1.165, 1.54) is 24.3 Å². The van der Waals surface area contributed by atoms with Crippen molar-refractivity contribution >= 4 is 27.3 Å². The molecule has 1 aliphatic rings. The molecular formula is C22H19FN2O3S. The monoisotopic (exact) mass is 410 g/mol. The van der Waals surface area contributed by atoms with E-state index in [1.54, 1.807) is 24.3 Å². The zero-order valence-electron chi connectivity index (χ0n) is 15.9. The second-order valence-electron chi connectivity index (χ2n) is 7.04. The SMILES string of the molecule is Cc1ccc(NC(=O)CN2c3ccc(F)cc3-c3ccccc3S2(=O)=O)c(C)c1. The topological polar surface area (TPSA) is 66.5 Å². The highest BCUT2D eigenvalue weighted by Crippen LogP contribution is 2.43. The van der Waals surface area contributed by atoms with Gasteiger partial charge in [0.05, 0.1) is 10.6 Å². The Kier molecular flexibility index (Phi) is 4.62. The summed E-state index contributed by atoms with van der Waals surface area (Å²) in [7, 11) is -3.96. The summed E-state index contributed by atoms with van der Waals surface area (Å²) in [6.45, 7) is 3.41. The van der Waals surface area contributed by atoms with Crippen molar-refractivity contribution in [1.29, 1.82) is 0 Å². The summed E-state index contributed by atoms with van der Waals surface area (Å²) in [4.78, 5) is 12.8. The lowest BCUT2D eigenvalue weighted by atomic mass is 10.0. The Morgan fingerprint density at radius 1 is 1.00 bits per heavy atom. The first-order valence-electron chi connectivity index (χ1n) is 9.06. The lowest BCUT2D eigenvalue weighted by molar-refractivity contribution is -0.114. The van der Waals surface area contributed by atoms with Gasteiger partial charge in [-0.15, -0.1) is 0 Å². The van der Waals surface area contributed by atoms with E-state index in [1.807, 2.05) is 26.0 Å². The van der Waals surface area contributed by atoms with E-state index in [2.05, 4.69) is 5.32 Å². The van der Waals surface area contributed by atoms with Crippen LogP contribution in [0.25, 0.3) is 11.1 Å². The number of nitrogens with one attached hydrogen (secondary N) is 1. The predicted octanol–water partition coefficient (Wildman–Crippen LogP) is 4.26. The van der Waals surface area contributed by atoms with Crippen LogP contribution >= 0.6 is 0 Å². The molecule has 0 unspecified atom stereocenters. The zero-order chi connectivity index (χ0) is 20.8. The van der Waals surface area contributed by atoms with Crippen molar-refractivity contribution in [2.75, 3.05) is 16.2 Å². The number of hydrogen-bond donors (Lipinski definition) is 1. The molecule has 1 N–H and O–H groups in total. The van der Waals surface area contributed by atoms with Crippen molar-refractivity contribution < 1.29 is 17.6 Å². The van der Waals surface area contributed by atoms with Crippen LogP contribution in [0.5, 0.6) is 0 Å². The highest BCUT2D eigenvalue weighted by atomic mass is 32.2. The van der Waals surface area contributed by atoms with Crippen molar-refractivity contribution in [3.8, 4) is 11.1 Å². The minimum Gasteiger partial charge on any atom is -0.324 e. The highest BCUT2D eigenvalue weighted by molar-refractivity contribution is 7.93. The molecule has 1 heterocycles. The molecule has 0 spiro atoms. The van der Waals surface area contributed by atoms with Crippen LogP contribution in [-0.2, 0) is 14.8 Å². The Labute approximate surface area is 168 Å². The van der Waals surface area contributed by atoms with Gasteiger partial charge in [0.25, 0.3) is 10.0 Å². The fourth-order valence-electron chi connectivity index (χ4n) is 3.55. The second-order valence-corrected chi connectivity index (χ2v) is 8.87. The average Bonchev–Trinajstić information content (AvgIpc) is 2.68. The molecule has 29 heavy (non-hydrogen) atoms. The fraction of sp³-hybridized carbons (Fsp3) is 0.136. The summed E-state index contributed by atoms with van der Waals surface area (Å²) in [5.41, 5.74) is 3.71. The molecule has 0 aromatic heterocycles. The molecule has 0 aliphatic carbocycles. The third-order valence-electron chi connectivity index (χ3n) is 4.92. The normalized spacial score (nSPS) is 14.1. The summed E-state index contributed by atoms with van der Waals surface area (Å²) in [5.74, 6) is -0.951. The number of amides is 1. The van der Waals surface area contributed by atoms with Crippen molar-refractivity contribution in [3.05, 3.63) is 77.6 Å². The Morgan fingerprint density at radius 2 is 1.76 bits per heavy atom. The molecule has 0 fully saturated rings. The van der Waals surface area contributed by atoms with Crippen molar-refractivity contribution in [2.45, 2.75) is 18.7 Å². The number of fused-ring (bicyclic) bond motifs is 3. The van der Waals surface area contributed by atoms with Crippen LogP contribution in [0.2, 0.25) is 0 Å². The minimum absolute atomic E-state index is 0.0532. The largest absolute Gasteiger partial charge is 0.324 e. The highest BCUT2D eigenvalue weighted by Gasteiger charge is 2.36. The van der Waals surface area contributed by atoms with Gasteiger partial charge in [0.2, 0.25) is 5.91 Å². The maximum absolute atomic E-state index is 13.9. The Morgan fingerprint density at radius 3 is 2.52 bits per heavy atom. The van der Waals surface area contributed by atoms with Gasteiger partial charge in [-0.3, -0.25) is 9.10 Å². The molecule has 4 rings (SSSR count). The quantitative estimate of drug-likeness (QED) is 0.702. The van der Waals surface area contributed by atoms with E-state index >= 15 is 0 Å². The first kappa shape index (κ1) is 19.1. The molecule has 0 saturated heterocycles. The van der Waals surface area contributed by atoms with E-state index < -0.39 is 28.3 Å². The molecule has 1 aliphatic heterocycles. The summed E-state index contributed by atoms with van der Waals surface area (Å²) in [5, 5.41) is 2.77. The number of aryl methyl sites for hydroxylation is 2. The molecule has 3 aromatic rings. The Bertz CT molecular complexity index is 1240. The van der Waals surface area contributed by atoms with Crippen LogP contribution < -0.4 is 9.62 Å². The van der Waals surface area contributed by atoms with Crippen molar-refractivity contribution in [2.24, 2.45) is 0 Å². The van der Waals surface area contributed by atoms with Gasteiger partial charge in [-0.25, -0.2) is 12.8 Å². The van der Waals surface area contributed by atoms with Gasteiger partial charge < -0.3 is 5.32 Å². The van der Waals surface area contributed by atoms with Gasteiger partial charge in [-0.1, -0.05) is 35.9 Å². The van der Waals surface area contributed by atoms with E-state index in [-0.39, 0.29) is 10.6 Å². The van der Waals surface area contributed by atoms with Crippen LogP contribution in [0.3, 0.4) is 0 Å². The minimum atomic E-state index is -3.96. The Hall–Kier alpha value is -3.19. The van der Waals surface area contributed by atoms with Gasteiger partial charge in [0, 0.05) is 16.8 Å². The van der Waals surface area contributed by atoms with E-state index in [4.69, 9.17) is 0 Å². The average molecular weight is 410 g/mol. The number of anilines is 2.